The molecular weight excluding hydrogens is 332 g/mol. The minimum absolute atomic E-state index is 0.0788. The molecule has 2 heteroatoms. The molecule has 0 spiro atoms. The number of hydrogen-bond acceptors (Lipinski definition) is 2. The lowest BCUT2D eigenvalue weighted by atomic mass is 9.76. The van der Waals surface area contributed by atoms with Crippen LogP contribution in [0.3, 0.4) is 0 Å². The molecular formula is C25H30O2. The minimum atomic E-state index is 0.0788. The number of hydrogen-bond donors (Lipinski definition) is 1. The fourth-order valence-electron chi connectivity index (χ4n) is 5.07. The summed E-state index contributed by atoms with van der Waals surface area (Å²) in [5.41, 5.74) is 8.04. The van der Waals surface area contributed by atoms with E-state index in [1.54, 1.807) is 7.11 Å². The monoisotopic (exact) mass is 362 g/mol. The van der Waals surface area contributed by atoms with Gasteiger partial charge in [0.05, 0.1) is 13.2 Å². The zero-order valence-corrected chi connectivity index (χ0v) is 16.5. The lowest BCUT2D eigenvalue weighted by Crippen LogP contribution is -2.19. The molecule has 0 aliphatic heterocycles. The second-order valence-electron chi connectivity index (χ2n) is 8.14. The van der Waals surface area contributed by atoms with Crippen LogP contribution < -0.4 is 0 Å². The van der Waals surface area contributed by atoms with Gasteiger partial charge < -0.3 is 9.84 Å². The van der Waals surface area contributed by atoms with Crippen LogP contribution in [-0.2, 0) is 29.6 Å². The van der Waals surface area contributed by atoms with Crippen molar-refractivity contribution in [3.63, 3.8) is 0 Å². The molecule has 1 saturated carbocycles. The molecule has 1 fully saturated rings. The Labute approximate surface area is 162 Å². The Bertz CT molecular complexity index is 851. The Morgan fingerprint density at radius 1 is 1.15 bits per heavy atom. The van der Waals surface area contributed by atoms with E-state index in [1.807, 2.05) is 6.07 Å². The van der Waals surface area contributed by atoms with E-state index in [2.05, 4.69) is 49.4 Å². The molecule has 0 aromatic heterocycles. The molecule has 2 aliphatic carbocycles. The first kappa shape index (κ1) is 18.5. The SMILES string of the molecule is CCc1cc(-c2ccc(CO)cc2CCOC)ccc1[C@]12C=CC(CC1)C2. The summed E-state index contributed by atoms with van der Waals surface area (Å²) in [7, 11) is 1.74. The zero-order chi connectivity index (χ0) is 18.9. The molecule has 2 nitrogen and oxygen atoms in total. The first-order chi connectivity index (χ1) is 13.2. The molecule has 27 heavy (non-hydrogen) atoms. The number of benzene rings is 2. The van der Waals surface area contributed by atoms with Gasteiger partial charge in [0.2, 0.25) is 0 Å². The van der Waals surface area contributed by atoms with E-state index in [9.17, 15) is 5.11 Å². The first-order valence-corrected chi connectivity index (χ1v) is 10.2. The maximum atomic E-state index is 9.51. The van der Waals surface area contributed by atoms with E-state index in [4.69, 9.17) is 4.74 Å². The highest BCUT2D eigenvalue weighted by atomic mass is 16.5. The molecule has 1 N–H and O–H groups in total. The van der Waals surface area contributed by atoms with Crippen molar-refractivity contribution in [3.05, 3.63) is 70.8 Å². The summed E-state index contributed by atoms with van der Waals surface area (Å²) in [5.74, 6) is 0.793. The third-order valence-electron chi connectivity index (χ3n) is 6.54. The normalized spacial score (nSPS) is 23.3. The van der Waals surface area contributed by atoms with Crippen molar-refractivity contribution < 1.29 is 9.84 Å². The summed E-state index contributed by atoms with van der Waals surface area (Å²) in [6.07, 6.45) is 10.8. The standard InChI is InChI=1S/C25H30O2/c1-3-20-15-21(5-7-24(20)25-11-8-18(16-25)9-12-25)23-6-4-19(17-26)14-22(23)10-13-27-2/h4-8,11,14-15,18,26H,3,9-10,12-13,16-17H2,1-2H3/t18?,25-/m1/s1. The molecule has 2 aromatic carbocycles. The second kappa shape index (κ2) is 7.61. The lowest BCUT2D eigenvalue weighted by Gasteiger charge is -2.27. The van der Waals surface area contributed by atoms with Crippen LogP contribution in [0.15, 0.2) is 48.6 Å². The number of aryl methyl sites for hydroxylation is 1. The molecule has 4 rings (SSSR count). The van der Waals surface area contributed by atoms with Gasteiger partial charge in [-0.15, -0.1) is 0 Å². The maximum Gasteiger partial charge on any atom is 0.0681 e. The van der Waals surface area contributed by atoms with Crippen LogP contribution in [0.2, 0.25) is 0 Å². The van der Waals surface area contributed by atoms with Gasteiger partial charge in [-0.3, -0.25) is 0 Å². The van der Waals surface area contributed by atoms with Crippen molar-refractivity contribution in [2.24, 2.45) is 5.92 Å². The lowest BCUT2D eigenvalue weighted by molar-refractivity contribution is 0.202. The number of fused-ring (bicyclic) bond motifs is 2. The summed E-state index contributed by atoms with van der Waals surface area (Å²) in [5, 5.41) is 9.51. The number of aliphatic hydroxyl groups excluding tert-OH is 1. The average molecular weight is 363 g/mol. The molecule has 0 amide bonds. The Kier molecular flexibility index (Phi) is 5.21. The van der Waals surface area contributed by atoms with Crippen LogP contribution in [0, 0.1) is 5.92 Å². The summed E-state index contributed by atoms with van der Waals surface area (Å²) >= 11 is 0. The van der Waals surface area contributed by atoms with E-state index in [-0.39, 0.29) is 12.0 Å². The van der Waals surface area contributed by atoms with Crippen LogP contribution in [-0.4, -0.2) is 18.8 Å². The van der Waals surface area contributed by atoms with Crippen LogP contribution in [0.25, 0.3) is 11.1 Å². The van der Waals surface area contributed by atoms with E-state index in [0.717, 1.165) is 24.3 Å². The van der Waals surface area contributed by atoms with Gasteiger partial charge in [0.1, 0.15) is 0 Å². The third-order valence-corrected chi connectivity index (χ3v) is 6.54. The van der Waals surface area contributed by atoms with Crippen LogP contribution in [0.5, 0.6) is 0 Å². The van der Waals surface area contributed by atoms with Crippen LogP contribution in [0.4, 0.5) is 0 Å². The van der Waals surface area contributed by atoms with Gasteiger partial charge in [0.25, 0.3) is 0 Å². The van der Waals surface area contributed by atoms with E-state index in [0.29, 0.717) is 6.61 Å². The largest absolute Gasteiger partial charge is 0.392 e. The molecule has 0 saturated heterocycles. The molecule has 0 radical (unpaired) electrons. The number of aliphatic hydroxyl groups is 1. The molecule has 1 unspecified atom stereocenters. The minimum Gasteiger partial charge on any atom is -0.392 e. The summed E-state index contributed by atoms with van der Waals surface area (Å²) in [6, 6.07) is 13.4. The summed E-state index contributed by atoms with van der Waals surface area (Å²) in [6.45, 7) is 3.04. The van der Waals surface area contributed by atoms with E-state index in [1.165, 1.54) is 47.1 Å². The topological polar surface area (TPSA) is 29.5 Å². The summed E-state index contributed by atoms with van der Waals surface area (Å²) < 4.78 is 5.30. The Morgan fingerprint density at radius 3 is 2.67 bits per heavy atom. The molecule has 2 atom stereocenters. The Morgan fingerprint density at radius 2 is 2.04 bits per heavy atom. The van der Waals surface area contributed by atoms with Crippen molar-refractivity contribution in [1.29, 1.82) is 0 Å². The number of ether oxygens (including phenoxy) is 1. The van der Waals surface area contributed by atoms with Crippen molar-refractivity contribution >= 4 is 0 Å². The van der Waals surface area contributed by atoms with Gasteiger partial charge in [0.15, 0.2) is 0 Å². The number of rotatable bonds is 7. The van der Waals surface area contributed by atoms with Gasteiger partial charge in [-0.1, -0.05) is 55.5 Å². The van der Waals surface area contributed by atoms with Crippen LogP contribution in [0.1, 0.15) is 48.4 Å². The molecule has 142 valence electrons. The van der Waals surface area contributed by atoms with Crippen molar-refractivity contribution in [2.45, 2.75) is 51.0 Å². The molecule has 2 bridgehead atoms. The highest BCUT2D eigenvalue weighted by Crippen LogP contribution is 2.52. The Hall–Kier alpha value is -1.90. The van der Waals surface area contributed by atoms with E-state index >= 15 is 0 Å². The quantitative estimate of drug-likeness (QED) is 0.686. The van der Waals surface area contributed by atoms with Gasteiger partial charge in [-0.05, 0) is 71.4 Å². The van der Waals surface area contributed by atoms with Crippen molar-refractivity contribution in [3.8, 4) is 11.1 Å². The van der Waals surface area contributed by atoms with Crippen molar-refractivity contribution in [1.82, 2.24) is 0 Å². The van der Waals surface area contributed by atoms with Gasteiger partial charge in [-0.25, -0.2) is 0 Å². The average Bonchev–Trinajstić information content (AvgIpc) is 3.34. The molecule has 0 heterocycles. The summed E-state index contributed by atoms with van der Waals surface area (Å²) in [4.78, 5) is 0. The maximum absolute atomic E-state index is 9.51. The predicted octanol–water partition coefficient (Wildman–Crippen LogP) is 5.20. The first-order valence-electron chi connectivity index (χ1n) is 10.2. The van der Waals surface area contributed by atoms with E-state index < -0.39 is 0 Å². The van der Waals surface area contributed by atoms with Crippen LogP contribution >= 0.6 is 0 Å². The molecule has 2 aliphatic rings. The Balaban J connectivity index is 1.74. The van der Waals surface area contributed by atoms with Gasteiger partial charge >= 0.3 is 0 Å². The smallest absolute Gasteiger partial charge is 0.0681 e. The predicted molar refractivity (Wildman–Crippen MR) is 111 cm³/mol. The number of methoxy groups -OCH3 is 1. The highest BCUT2D eigenvalue weighted by Gasteiger charge is 2.42. The fourth-order valence-corrected chi connectivity index (χ4v) is 5.07. The fraction of sp³-hybridized carbons (Fsp3) is 0.440. The second-order valence-corrected chi connectivity index (χ2v) is 8.14. The van der Waals surface area contributed by atoms with Gasteiger partial charge in [-0.2, -0.15) is 0 Å². The van der Waals surface area contributed by atoms with Crippen molar-refractivity contribution in [2.75, 3.05) is 13.7 Å². The third kappa shape index (κ3) is 3.37. The number of allylic oxidation sites excluding steroid dienone is 2. The molecule has 2 aromatic rings. The highest BCUT2D eigenvalue weighted by molar-refractivity contribution is 5.70. The zero-order valence-electron chi connectivity index (χ0n) is 16.5. The van der Waals surface area contributed by atoms with Gasteiger partial charge in [0, 0.05) is 12.5 Å².